The summed E-state index contributed by atoms with van der Waals surface area (Å²) in [5.74, 6) is 0.545. The fourth-order valence-electron chi connectivity index (χ4n) is 2.18. The molecule has 0 atom stereocenters. The van der Waals surface area contributed by atoms with E-state index in [1.54, 1.807) is 6.07 Å². The van der Waals surface area contributed by atoms with Gasteiger partial charge in [0.05, 0.1) is 17.0 Å². The van der Waals surface area contributed by atoms with Crippen LogP contribution < -0.4 is 5.56 Å². The molecule has 0 fully saturated rings. The molecule has 1 N–H and O–H groups in total. The number of fused-ring (bicyclic) bond motifs is 3. The van der Waals surface area contributed by atoms with Crippen LogP contribution in [0.25, 0.3) is 20.3 Å². The molecule has 1 aromatic carbocycles. The lowest BCUT2D eigenvalue weighted by molar-refractivity contribution is -0.384. The zero-order chi connectivity index (χ0) is 15.1. The molecule has 3 aromatic rings. The third-order valence-corrected chi connectivity index (χ3v) is 4.19. The third kappa shape index (κ3) is 2.39. The predicted octanol–water partition coefficient (Wildman–Crippen LogP) is 2.11. The molecule has 0 aliphatic carbocycles. The minimum absolute atomic E-state index is 0.00144. The lowest BCUT2D eigenvalue weighted by atomic mass is 10.2. The van der Waals surface area contributed by atoms with Crippen molar-refractivity contribution in [2.45, 2.75) is 6.54 Å². The smallest absolute Gasteiger partial charge is 0.270 e. The summed E-state index contributed by atoms with van der Waals surface area (Å²) >= 11 is 1.29. The molecule has 21 heavy (non-hydrogen) atoms. The number of non-ortho nitro benzene ring substituents is 1. The number of nitrogens with zero attached hydrogens (tertiary/aromatic N) is 3. The Morgan fingerprint density at radius 2 is 2.19 bits per heavy atom. The Kier molecular flexibility index (Phi) is 3.19. The zero-order valence-corrected chi connectivity index (χ0v) is 12.2. The van der Waals surface area contributed by atoms with Gasteiger partial charge < -0.3 is 9.88 Å². The highest BCUT2D eigenvalue weighted by Gasteiger charge is 2.15. The maximum absolute atomic E-state index is 12.1. The first-order chi connectivity index (χ1) is 9.95. The van der Waals surface area contributed by atoms with Gasteiger partial charge in [-0.1, -0.05) is 0 Å². The summed E-state index contributed by atoms with van der Waals surface area (Å²) in [5.41, 5.74) is 0.318. The molecule has 0 radical (unpaired) electrons. The first-order valence-electron chi connectivity index (χ1n) is 6.20. The molecule has 0 unspecified atom stereocenters. The zero-order valence-electron chi connectivity index (χ0n) is 11.4. The second kappa shape index (κ2) is 4.90. The molecule has 0 aliphatic rings. The fourth-order valence-corrected chi connectivity index (χ4v) is 3.19. The number of benzene rings is 1. The second-order valence-corrected chi connectivity index (χ2v) is 6.02. The van der Waals surface area contributed by atoms with Gasteiger partial charge in [-0.25, -0.2) is 4.98 Å². The topological polar surface area (TPSA) is 92.1 Å². The number of aromatic amines is 1. The van der Waals surface area contributed by atoms with Crippen LogP contribution in [0.2, 0.25) is 0 Å². The average Bonchev–Trinajstić information content (AvgIpc) is 2.76. The molecule has 0 aliphatic heterocycles. The molecular formula is C13H12N4O3S. The van der Waals surface area contributed by atoms with E-state index in [-0.39, 0.29) is 11.2 Å². The Bertz CT molecular complexity index is 913. The molecule has 7 nitrogen and oxygen atoms in total. The van der Waals surface area contributed by atoms with Crippen LogP contribution in [0.15, 0.2) is 23.0 Å². The van der Waals surface area contributed by atoms with Gasteiger partial charge in [0, 0.05) is 22.2 Å². The van der Waals surface area contributed by atoms with Gasteiger partial charge in [-0.15, -0.1) is 11.3 Å². The summed E-state index contributed by atoms with van der Waals surface area (Å²) in [6.45, 7) is 0.497. The normalized spacial score (nSPS) is 11.6. The Labute approximate surface area is 123 Å². The Morgan fingerprint density at radius 1 is 1.43 bits per heavy atom. The van der Waals surface area contributed by atoms with Gasteiger partial charge in [-0.2, -0.15) is 0 Å². The van der Waals surface area contributed by atoms with Crippen molar-refractivity contribution in [2.75, 3.05) is 14.1 Å². The molecule has 2 aromatic heterocycles. The van der Waals surface area contributed by atoms with Crippen LogP contribution in [-0.4, -0.2) is 33.9 Å². The number of hydrogen-bond donors (Lipinski definition) is 1. The molecule has 0 amide bonds. The van der Waals surface area contributed by atoms with Crippen molar-refractivity contribution in [1.82, 2.24) is 14.9 Å². The number of hydrogen-bond acceptors (Lipinski definition) is 6. The number of rotatable bonds is 3. The van der Waals surface area contributed by atoms with E-state index in [9.17, 15) is 14.9 Å². The van der Waals surface area contributed by atoms with Crippen molar-refractivity contribution >= 4 is 37.3 Å². The Balaban J connectivity index is 2.32. The minimum atomic E-state index is -0.448. The summed E-state index contributed by atoms with van der Waals surface area (Å²) in [7, 11) is 3.75. The number of H-pyrrole nitrogens is 1. The maximum atomic E-state index is 12.1. The molecule has 2 heterocycles. The van der Waals surface area contributed by atoms with Crippen molar-refractivity contribution in [3.8, 4) is 0 Å². The Hall–Kier alpha value is -2.32. The highest BCUT2D eigenvalue weighted by atomic mass is 32.1. The van der Waals surface area contributed by atoms with E-state index < -0.39 is 4.92 Å². The molecular weight excluding hydrogens is 292 g/mol. The molecule has 108 valence electrons. The largest absolute Gasteiger partial charge is 0.308 e. The van der Waals surface area contributed by atoms with Gasteiger partial charge in [0.15, 0.2) is 0 Å². The first kappa shape index (κ1) is 13.7. The number of nitrogens with one attached hydrogen (secondary N) is 1. The first-order valence-corrected chi connectivity index (χ1v) is 7.02. The highest BCUT2D eigenvalue weighted by molar-refractivity contribution is 7.25. The summed E-state index contributed by atoms with van der Waals surface area (Å²) in [6.07, 6.45) is 0. The fraction of sp³-hybridized carbons (Fsp3) is 0.231. The van der Waals surface area contributed by atoms with Crippen LogP contribution >= 0.6 is 11.3 Å². The van der Waals surface area contributed by atoms with E-state index in [4.69, 9.17) is 0 Å². The van der Waals surface area contributed by atoms with Crippen LogP contribution in [0, 0.1) is 10.1 Å². The van der Waals surface area contributed by atoms with E-state index in [0.29, 0.717) is 28.0 Å². The van der Waals surface area contributed by atoms with Crippen LogP contribution in [0.4, 0.5) is 5.69 Å². The van der Waals surface area contributed by atoms with Crippen LogP contribution in [0.3, 0.4) is 0 Å². The van der Waals surface area contributed by atoms with Crippen molar-refractivity contribution in [3.05, 3.63) is 44.5 Å². The summed E-state index contributed by atoms with van der Waals surface area (Å²) in [6, 6.07) is 4.57. The monoisotopic (exact) mass is 304 g/mol. The van der Waals surface area contributed by atoms with E-state index in [2.05, 4.69) is 9.97 Å². The molecule has 3 rings (SSSR count). The van der Waals surface area contributed by atoms with Crippen molar-refractivity contribution in [2.24, 2.45) is 0 Å². The van der Waals surface area contributed by atoms with Crippen molar-refractivity contribution < 1.29 is 4.92 Å². The van der Waals surface area contributed by atoms with Gasteiger partial charge in [0.2, 0.25) is 0 Å². The molecule has 0 saturated carbocycles. The van der Waals surface area contributed by atoms with Crippen LogP contribution in [0.1, 0.15) is 5.82 Å². The molecule has 8 heteroatoms. The van der Waals surface area contributed by atoms with Gasteiger partial charge in [0.1, 0.15) is 10.5 Å². The summed E-state index contributed by atoms with van der Waals surface area (Å²) < 4.78 is 1.31. The average molecular weight is 304 g/mol. The van der Waals surface area contributed by atoms with Crippen LogP contribution in [0.5, 0.6) is 0 Å². The lowest BCUT2D eigenvalue weighted by Gasteiger charge is -2.08. The lowest BCUT2D eigenvalue weighted by Crippen LogP contribution is -2.17. The minimum Gasteiger partial charge on any atom is -0.308 e. The Morgan fingerprint density at radius 3 is 2.86 bits per heavy atom. The van der Waals surface area contributed by atoms with Crippen molar-refractivity contribution in [3.63, 3.8) is 0 Å². The summed E-state index contributed by atoms with van der Waals surface area (Å²) in [4.78, 5) is 31.7. The highest BCUT2D eigenvalue weighted by Crippen LogP contribution is 2.32. The molecule has 0 bridgehead atoms. The maximum Gasteiger partial charge on any atom is 0.270 e. The van der Waals surface area contributed by atoms with Gasteiger partial charge in [-0.05, 0) is 20.2 Å². The van der Waals surface area contributed by atoms with Gasteiger partial charge in [0.25, 0.3) is 11.2 Å². The standard InChI is InChI=1S/C13H12N4O3S/c1-16(2)6-10-14-11-8-5-7(17(19)20)3-4-9(8)21-12(11)13(18)15-10/h3-5H,6H2,1-2H3,(H,14,15,18). The second-order valence-electron chi connectivity index (χ2n) is 4.97. The van der Waals surface area contributed by atoms with Crippen molar-refractivity contribution in [1.29, 1.82) is 0 Å². The van der Waals surface area contributed by atoms with Gasteiger partial charge >= 0.3 is 0 Å². The quantitative estimate of drug-likeness (QED) is 0.591. The number of nitro benzene ring substituents is 1. The van der Waals surface area contributed by atoms with Gasteiger partial charge in [-0.3, -0.25) is 14.9 Å². The predicted molar refractivity (Wildman–Crippen MR) is 81.8 cm³/mol. The third-order valence-electron chi connectivity index (χ3n) is 3.03. The SMILES string of the molecule is CN(C)Cc1nc2c(sc3ccc([N+](=O)[O-])cc32)c(=O)[nH]1. The van der Waals surface area contributed by atoms with E-state index in [1.807, 2.05) is 19.0 Å². The molecule has 0 spiro atoms. The van der Waals surface area contributed by atoms with Crippen LogP contribution in [-0.2, 0) is 6.54 Å². The molecule has 0 saturated heterocycles. The number of aromatic nitrogens is 2. The van der Waals surface area contributed by atoms with E-state index in [0.717, 1.165) is 4.70 Å². The van der Waals surface area contributed by atoms with E-state index >= 15 is 0 Å². The number of nitro groups is 1. The number of thiophene rings is 1. The summed E-state index contributed by atoms with van der Waals surface area (Å²) in [5, 5.41) is 11.5. The van der Waals surface area contributed by atoms with E-state index in [1.165, 1.54) is 23.5 Å².